The van der Waals surface area contributed by atoms with Gasteiger partial charge in [0.15, 0.2) is 0 Å². The van der Waals surface area contributed by atoms with Crippen LogP contribution in [0.15, 0.2) is 42.5 Å². The minimum Gasteiger partial charge on any atom is -0.435 e. The molecular formula is C19H15ClF3N3O4. The Morgan fingerprint density at radius 2 is 1.90 bits per heavy atom. The third-order valence-electron chi connectivity index (χ3n) is 4.44. The number of ether oxygens (including phenoxy) is 1. The van der Waals surface area contributed by atoms with Crippen molar-refractivity contribution in [1.82, 2.24) is 10.2 Å². The van der Waals surface area contributed by atoms with E-state index in [0.29, 0.717) is 10.5 Å². The number of urea groups is 1. The fourth-order valence-electron chi connectivity index (χ4n) is 2.93. The van der Waals surface area contributed by atoms with Crippen molar-refractivity contribution in [2.45, 2.75) is 19.1 Å². The smallest absolute Gasteiger partial charge is 0.387 e. The van der Waals surface area contributed by atoms with Gasteiger partial charge in [0.1, 0.15) is 23.7 Å². The van der Waals surface area contributed by atoms with E-state index in [1.165, 1.54) is 43.3 Å². The summed E-state index contributed by atoms with van der Waals surface area (Å²) < 4.78 is 42.6. The first-order chi connectivity index (χ1) is 14.1. The summed E-state index contributed by atoms with van der Waals surface area (Å²) in [5.41, 5.74) is -1.38. The minimum absolute atomic E-state index is 0.115. The second kappa shape index (κ2) is 8.23. The summed E-state index contributed by atoms with van der Waals surface area (Å²) in [6.07, 6.45) is 0. The van der Waals surface area contributed by atoms with Gasteiger partial charge in [-0.05, 0) is 42.8 Å². The van der Waals surface area contributed by atoms with Crippen LogP contribution in [0, 0.1) is 5.82 Å². The molecule has 1 aliphatic rings. The average molecular weight is 442 g/mol. The van der Waals surface area contributed by atoms with Crippen LogP contribution in [0.25, 0.3) is 0 Å². The van der Waals surface area contributed by atoms with Gasteiger partial charge in [0.05, 0.1) is 5.69 Å². The number of nitrogens with zero attached hydrogens (tertiary/aromatic N) is 1. The maximum Gasteiger partial charge on any atom is 0.387 e. The Morgan fingerprint density at radius 3 is 2.50 bits per heavy atom. The van der Waals surface area contributed by atoms with Crippen LogP contribution in [0.5, 0.6) is 5.75 Å². The van der Waals surface area contributed by atoms with E-state index in [1.54, 1.807) is 0 Å². The van der Waals surface area contributed by atoms with Gasteiger partial charge in [-0.25, -0.2) is 9.18 Å². The molecule has 0 aliphatic carbocycles. The lowest BCUT2D eigenvalue weighted by molar-refractivity contribution is -0.133. The number of halogens is 4. The maximum atomic E-state index is 13.8. The number of amides is 4. The van der Waals surface area contributed by atoms with E-state index < -0.39 is 42.4 Å². The SMILES string of the molecule is C[C@]1(c2ccc(OC(F)F)cc2)NC(=O)N(CC(=O)Nc2ccc(Cl)cc2F)C1=O. The highest BCUT2D eigenvalue weighted by Gasteiger charge is 2.49. The van der Waals surface area contributed by atoms with Gasteiger partial charge in [-0.1, -0.05) is 23.7 Å². The number of alkyl halides is 2. The molecule has 11 heteroatoms. The molecule has 0 aromatic heterocycles. The molecule has 1 heterocycles. The topological polar surface area (TPSA) is 87.7 Å². The first-order valence-electron chi connectivity index (χ1n) is 8.54. The number of imide groups is 1. The molecule has 1 saturated heterocycles. The third kappa shape index (κ3) is 4.33. The second-order valence-corrected chi connectivity index (χ2v) is 6.96. The number of rotatable bonds is 6. The fourth-order valence-corrected chi connectivity index (χ4v) is 3.09. The number of nitrogens with one attached hydrogen (secondary N) is 2. The Hall–Kier alpha value is -3.27. The van der Waals surface area contributed by atoms with E-state index in [9.17, 15) is 27.6 Å². The van der Waals surface area contributed by atoms with Gasteiger partial charge < -0.3 is 15.4 Å². The monoisotopic (exact) mass is 441 g/mol. The molecule has 0 radical (unpaired) electrons. The molecule has 0 bridgehead atoms. The third-order valence-corrected chi connectivity index (χ3v) is 4.67. The molecule has 0 spiro atoms. The van der Waals surface area contributed by atoms with Gasteiger partial charge in [-0.2, -0.15) is 8.78 Å². The van der Waals surface area contributed by atoms with Crippen molar-refractivity contribution in [3.8, 4) is 5.75 Å². The molecule has 158 valence electrons. The van der Waals surface area contributed by atoms with Crippen molar-refractivity contribution in [1.29, 1.82) is 0 Å². The molecule has 4 amide bonds. The maximum absolute atomic E-state index is 13.8. The first-order valence-corrected chi connectivity index (χ1v) is 8.92. The molecule has 30 heavy (non-hydrogen) atoms. The van der Waals surface area contributed by atoms with E-state index in [-0.39, 0.29) is 16.5 Å². The molecule has 1 atom stereocenters. The zero-order valence-electron chi connectivity index (χ0n) is 15.4. The van der Waals surface area contributed by atoms with Crippen molar-refractivity contribution in [3.05, 3.63) is 58.9 Å². The van der Waals surface area contributed by atoms with Crippen LogP contribution in [0.1, 0.15) is 12.5 Å². The van der Waals surface area contributed by atoms with Gasteiger partial charge in [0.25, 0.3) is 5.91 Å². The minimum atomic E-state index is -3.00. The number of anilines is 1. The molecule has 1 fully saturated rings. The predicted molar refractivity (Wildman–Crippen MR) is 101 cm³/mol. The molecule has 1 aliphatic heterocycles. The molecule has 3 rings (SSSR count). The number of hydrogen-bond acceptors (Lipinski definition) is 4. The lowest BCUT2D eigenvalue weighted by atomic mass is 9.92. The zero-order valence-corrected chi connectivity index (χ0v) is 16.2. The molecule has 2 aromatic carbocycles. The highest BCUT2D eigenvalue weighted by Crippen LogP contribution is 2.30. The van der Waals surface area contributed by atoms with Crippen molar-refractivity contribution in [2.24, 2.45) is 0 Å². The van der Waals surface area contributed by atoms with Crippen molar-refractivity contribution in [2.75, 3.05) is 11.9 Å². The largest absolute Gasteiger partial charge is 0.435 e. The van der Waals surface area contributed by atoms with Crippen molar-refractivity contribution >= 4 is 35.1 Å². The van der Waals surface area contributed by atoms with Gasteiger partial charge in [-0.3, -0.25) is 14.5 Å². The van der Waals surface area contributed by atoms with Gasteiger partial charge in [0, 0.05) is 5.02 Å². The predicted octanol–water partition coefficient (Wildman–Crippen LogP) is 3.49. The van der Waals surface area contributed by atoms with E-state index in [2.05, 4.69) is 15.4 Å². The highest BCUT2D eigenvalue weighted by atomic mass is 35.5. The fraction of sp³-hybridized carbons (Fsp3) is 0.211. The summed E-state index contributed by atoms with van der Waals surface area (Å²) in [5.74, 6) is -2.43. The van der Waals surface area contributed by atoms with E-state index in [1.807, 2.05) is 0 Å². The Bertz CT molecular complexity index is 1000. The summed E-state index contributed by atoms with van der Waals surface area (Å²) in [6.45, 7) is -2.25. The molecular weight excluding hydrogens is 427 g/mol. The van der Waals surface area contributed by atoms with Crippen LogP contribution < -0.4 is 15.4 Å². The van der Waals surface area contributed by atoms with Crippen LogP contribution in [0.2, 0.25) is 5.02 Å². The summed E-state index contributed by atoms with van der Waals surface area (Å²) in [7, 11) is 0. The lowest BCUT2D eigenvalue weighted by Gasteiger charge is -2.22. The number of hydrogen-bond donors (Lipinski definition) is 2. The van der Waals surface area contributed by atoms with Crippen molar-refractivity contribution < 1.29 is 32.3 Å². The van der Waals surface area contributed by atoms with Crippen LogP contribution in [0.4, 0.5) is 23.7 Å². The second-order valence-electron chi connectivity index (χ2n) is 6.52. The van der Waals surface area contributed by atoms with Crippen LogP contribution in [-0.4, -0.2) is 35.9 Å². The first kappa shape index (κ1) is 21.4. The zero-order chi connectivity index (χ0) is 22.1. The number of carbonyl (C=O) groups excluding carboxylic acids is 3. The Morgan fingerprint density at radius 1 is 1.23 bits per heavy atom. The highest BCUT2D eigenvalue weighted by molar-refractivity contribution is 6.30. The Balaban J connectivity index is 1.72. The standard InChI is InChI=1S/C19H15ClF3N3O4/c1-19(10-2-5-12(6-3-10)30-17(22)23)16(28)26(18(29)25-19)9-15(27)24-14-7-4-11(20)8-13(14)21/h2-8,17H,9H2,1H3,(H,24,27)(H,25,29)/t19-/m1/s1. The van der Waals surface area contributed by atoms with Gasteiger partial charge in [0.2, 0.25) is 5.91 Å². The summed E-state index contributed by atoms with van der Waals surface area (Å²) >= 11 is 5.65. The average Bonchev–Trinajstić information content (AvgIpc) is 2.88. The van der Waals surface area contributed by atoms with E-state index in [0.717, 1.165) is 6.07 Å². The van der Waals surface area contributed by atoms with Crippen LogP contribution in [-0.2, 0) is 15.1 Å². The summed E-state index contributed by atoms with van der Waals surface area (Å²) in [4.78, 5) is 38.0. The molecule has 0 saturated carbocycles. The molecule has 2 aromatic rings. The quantitative estimate of drug-likeness (QED) is 0.672. The van der Waals surface area contributed by atoms with Crippen LogP contribution in [0.3, 0.4) is 0 Å². The molecule has 0 unspecified atom stereocenters. The number of benzene rings is 2. The van der Waals surface area contributed by atoms with E-state index >= 15 is 0 Å². The van der Waals surface area contributed by atoms with Crippen molar-refractivity contribution in [3.63, 3.8) is 0 Å². The summed E-state index contributed by atoms with van der Waals surface area (Å²) in [5, 5.41) is 4.88. The lowest BCUT2D eigenvalue weighted by Crippen LogP contribution is -2.42. The van der Waals surface area contributed by atoms with Gasteiger partial charge >= 0.3 is 12.6 Å². The molecule has 7 nitrogen and oxygen atoms in total. The van der Waals surface area contributed by atoms with Gasteiger partial charge in [-0.15, -0.1) is 0 Å². The number of carbonyl (C=O) groups is 3. The Labute approximate surface area is 173 Å². The van der Waals surface area contributed by atoms with Crippen LogP contribution >= 0.6 is 11.6 Å². The van der Waals surface area contributed by atoms with E-state index in [4.69, 9.17) is 11.6 Å². The molecule has 2 N–H and O–H groups in total. The summed E-state index contributed by atoms with van der Waals surface area (Å²) in [6, 6.07) is 7.94. The Kier molecular flexibility index (Phi) is 5.88. The normalized spacial score (nSPS) is 18.5.